The lowest BCUT2D eigenvalue weighted by molar-refractivity contribution is 0.338. The standard InChI is InChI=1S/C20H19NO3S/c1-14-9-11-17(12-10-14)25(22,23)24-21-19-8-4-6-16-13-15-5-2-3-7-18(15)20(16)19/h2-3,5,7,9-12H,4,6,8,13H2,1H3/b21-19+. The first kappa shape index (κ1) is 16.1. The molecule has 0 saturated carbocycles. The van der Waals surface area contributed by atoms with E-state index < -0.39 is 10.1 Å². The number of aryl methyl sites for hydroxylation is 1. The summed E-state index contributed by atoms with van der Waals surface area (Å²) in [4.78, 5) is 0.124. The van der Waals surface area contributed by atoms with Crippen molar-refractivity contribution in [3.05, 3.63) is 70.8 Å². The van der Waals surface area contributed by atoms with Gasteiger partial charge in [0.05, 0.1) is 5.71 Å². The third-order valence-corrected chi connectivity index (χ3v) is 5.90. The van der Waals surface area contributed by atoms with Gasteiger partial charge < -0.3 is 0 Å². The topological polar surface area (TPSA) is 55.7 Å². The lowest BCUT2D eigenvalue weighted by atomic mass is 9.90. The van der Waals surface area contributed by atoms with Crippen molar-refractivity contribution in [1.82, 2.24) is 0 Å². The maximum absolute atomic E-state index is 12.4. The summed E-state index contributed by atoms with van der Waals surface area (Å²) in [6.45, 7) is 1.91. The molecule has 4 nitrogen and oxygen atoms in total. The molecule has 4 rings (SSSR count). The van der Waals surface area contributed by atoms with E-state index in [0.717, 1.165) is 48.1 Å². The molecule has 0 radical (unpaired) electrons. The maximum atomic E-state index is 12.4. The Kier molecular flexibility index (Phi) is 3.96. The monoisotopic (exact) mass is 353 g/mol. The molecule has 0 amide bonds. The summed E-state index contributed by atoms with van der Waals surface area (Å²) in [5.74, 6) is 0. The fourth-order valence-electron chi connectivity index (χ4n) is 3.53. The van der Waals surface area contributed by atoms with Crippen LogP contribution < -0.4 is 0 Å². The third-order valence-electron chi connectivity index (χ3n) is 4.78. The quantitative estimate of drug-likeness (QED) is 0.775. The van der Waals surface area contributed by atoms with Crippen LogP contribution in [0.4, 0.5) is 0 Å². The smallest absolute Gasteiger partial charge is 0.264 e. The van der Waals surface area contributed by atoms with Crippen LogP contribution >= 0.6 is 0 Å². The van der Waals surface area contributed by atoms with Crippen LogP contribution in [-0.4, -0.2) is 14.1 Å². The molecule has 5 heteroatoms. The Balaban J connectivity index is 1.65. The molecule has 0 aliphatic heterocycles. The summed E-state index contributed by atoms with van der Waals surface area (Å²) in [5, 5.41) is 4.07. The van der Waals surface area contributed by atoms with E-state index in [2.05, 4.69) is 17.3 Å². The summed E-state index contributed by atoms with van der Waals surface area (Å²) in [5.41, 5.74) is 6.59. The van der Waals surface area contributed by atoms with Gasteiger partial charge in [-0.25, -0.2) is 0 Å². The van der Waals surface area contributed by atoms with Crippen LogP contribution in [0.15, 0.2) is 64.2 Å². The van der Waals surface area contributed by atoms with Crippen LogP contribution in [0.3, 0.4) is 0 Å². The van der Waals surface area contributed by atoms with Crippen LogP contribution in [0.5, 0.6) is 0 Å². The van der Waals surface area contributed by atoms with Crippen molar-refractivity contribution < 1.29 is 12.7 Å². The maximum Gasteiger partial charge on any atom is 0.358 e. The van der Waals surface area contributed by atoms with Crippen LogP contribution in [0.1, 0.15) is 36.0 Å². The van der Waals surface area contributed by atoms with E-state index in [4.69, 9.17) is 4.28 Å². The van der Waals surface area contributed by atoms with Crippen LogP contribution in [0.25, 0.3) is 5.57 Å². The highest BCUT2D eigenvalue weighted by molar-refractivity contribution is 7.86. The van der Waals surface area contributed by atoms with Gasteiger partial charge in [0.1, 0.15) is 4.90 Å². The number of fused-ring (bicyclic) bond motifs is 2. The molecule has 0 aromatic heterocycles. The Bertz CT molecular complexity index is 986. The largest absolute Gasteiger partial charge is 0.358 e. The molecule has 2 aliphatic rings. The van der Waals surface area contributed by atoms with Crippen molar-refractivity contribution in [2.24, 2.45) is 5.16 Å². The predicted molar refractivity (Wildman–Crippen MR) is 97.8 cm³/mol. The summed E-state index contributed by atoms with van der Waals surface area (Å²) in [7, 11) is -3.89. The van der Waals surface area contributed by atoms with E-state index in [-0.39, 0.29) is 4.90 Å². The van der Waals surface area contributed by atoms with E-state index in [9.17, 15) is 8.42 Å². The van der Waals surface area contributed by atoms with Gasteiger partial charge in [0.25, 0.3) is 0 Å². The van der Waals surface area contributed by atoms with Crippen molar-refractivity contribution in [3.63, 3.8) is 0 Å². The molecule has 0 atom stereocenters. The number of hydrogen-bond acceptors (Lipinski definition) is 4. The molecule has 128 valence electrons. The third kappa shape index (κ3) is 3.00. The number of nitrogens with zero attached hydrogens (tertiary/aromatic N) is 1. The summed E-state index contributed by atoms with van der Waals surface area (Å²) in [6, 6.07) is 14.8. The molecule has 0 fully saturated rings. The second-order valence-electron chi connectivity index (χ2n) is 6.55. The first-order valence-corrected chi connectivity index (χ1v) is 9.83. The molecule has 0 spiro atoms. The molecule has 2 aromatic carbocycles. The van der Waals surface area contributed by atoms with E-state index in [1.54, 1.807) is 24.3 Å². The lowest BCUT2D eigenvalue weighted by Gasteiger charge is -2.16. The summed E-state index contributed by atoms with van der Waals surface area (Å²) in [6.07, 6.45) is 3.67. The summed E-state index contributed by atoms with van der Waals surface area (Å²) >= 11 is 0. The van der Waals surface area contributed by atoms with Crippen molar-refractivity contribution in [1.29, 1.82) is 0 Å². The molecular weight excluding hydrogens is 334 g/mol. The van der Waals surface area contributed by atoms with Gasteiger partial charge in [-0.3, -0.25) is 4.28 Å². The predicted octanol–water partition coefficient (Wildman–Crippen LogP) is 4.25. The molecule has 0 heterocycles. The second-order valence-corrected chi connectivity index (χ2v) is 8.07. The van der Waals surface area contributed by atoms with E-state index in [0.29, 0.717) is 0 Å². The zero-order valence-electron chi connectivity index (χ0n) is 14.0. The fraction of sp³-hybridized carbons (Fsp3) is 0.250. The van der Waals surface area contributed by atoms with Crippen LogP contribution in [0.2, 0.25) is 0 Å². The Morgan fingerprint density at radius 3 is 2.56 bits per heavy atom. The lowest BCUT2D eigenvalue weighted by Crippen LogP contribution is -2.11. The summed E-state index contributed by atoms with van der Waals surface area (Å²) < 4.78 is 29.8. The molecular formula is C20H19NO3S. The molecule has 2 aromatic rings. The number of benzene rings is 2. The van der Waals surface area contributed by atoms with Gasteiger partial charge in [0.2, 0.25) is 0 Å². The molecule has 0 N–H and O–H groups in total. The van der Waals surface area contributed by atoms with Crippen molar-refractivity contribution >= 4 is 21.4 Å². The Hall–Kier alpha value is -2.40. The van der Waals surface area contributed by atoms with Gasteiger partial charge in [0.15, 0.2) is 0 Å². The zero-order chi connectivity index (χ0) is 17.4. The molecule has 0 saturated heterocycles. The van der Waals surface area contributed by atoms with E-state index in [1.807, 2.05) is 19.1 Å². The Labute approximate surface area is 148 Å². The van der Waals surface area contributed by atoms with Gasteiger partial charge >= 0.3 is 10.1 Å². The second kappa shape index (κ2) is 6.15. The number of oxime groups is 1. The van der Waals surface area contributed by atoms with Crippen LogP contribution in [0, 0.1) is 6.92 Å². The van der Waals surface area contributed by atoms with E-state index >= 15 is 0 Å². The number of rotatable bonds is 3. The van der Waals surface area contributed by atoms with Crippen molar-refractivity contribution in [2.75, 3.05) is 0 Å². The molecule has 25 heavy (non-hydrogen) atoms. The first-order chi connectivity index (χ1) is 12.0. The zero-order valence-corrected chi connectivity index (χ0v) is 14.8. The van der Waals surface area contributed by atoms with Gasteiger partial charge in [-0.2, -0.15) is 8.42 Å². The van der Waals surface area contributed by atoms with Gasteiger partial charge in [0, 0.05) is 5.57 Å². The number of hydrogen-bond donors (Lipinski definition) is 0. The fourth-order valence-corrected chi connectivity index (χ4v) is 4.27. The van der Waals surface area contributed by atoms with Crippen molar-refractivity contribution in [3.8, 4) is 0 Å². The molecule has 2 aliphatic carbocycles. The van der Waals surface area contributed by atoms with Crippen LogP contribution in [-0.2, 0) is 20.8 Å². The van der Waals surface area contributed by atoms with Gasteiger partial charge in [-0.15, -0.1) is 0 Å². The first-order valence-electron chi connectivity index (χ1n) is 8.42. The minimum atomic E-state index is -3.89. The highest BCUT2D eigenvalue weighted by Crippen LogP contribution is 2.40. The molecule has 0 unspecified atom stereocenters. The van der Waals surface area contributed by atoms with Gasteiger partial charge in [-0.1, -0.05) is 52.7 Å². The highest BCUT2D eigenvalue weighted by atomic mass is 32.2. The van der Waals surface area contributed by atoms with E-state index in [1.165, 1.54) is 11.1 Å². The molecule has 0 bridgehead atoms. The minimum absolute atomic E-state index is 0.124. The van der Waals surface area contributed by atoms with Gasteiger partial charge in [-0.05, 0) is 55.9 Å². The normalized spacial score (nSPS) is 18.2. The average Bonchev–Trinajstić information content (AvgIpc) is 2.99. The Morgan fingerprint density at radius 1 is 1.00 bits per heavy atom. The SMILES string of the molecule is Cc1ccc(S(=O)(=O)O/N=C2\CCCC3=C2c2ccccc2C3)cc1. The number of allylic oxidation sites excluding steroid dienone is 2. The highest BCUT2D eigenvalue weighted by Gasteiger charge is 2.28. The van der Waals surface area contributed by atoms with Crippen molar-refractivity contribution in [2.45, 2.75) is 37.5 Å². The Morgan fingerprint density at radius 2 is 1.76 bits per heavy atom. The minimum Gasteiger partial charge on any atom is -0.264 e. The average molecular weight is 353 g/mol.